The molecule has 0 bridgehead atoms. The fraction of sp³-hybridized carbons (Fsp3) is 0.926. The van der Waals surface area contributed by atoms with Crippen LogP contribution in [0.2, 0.25) is 0 Å². The van der Waals surface area contributed by atoms with Gasteiger partial charge in [-0.25, -0.2) is 0 Å². The summed E-state index contributed by atoms with van der Waals surface area (Å²) in [6, 6.07) is 0. The van der Waals surface area contributed by atoms with E-state index in [-0.39, 0.29) is 29.6 Å². The van der Waals surface area contributed by atoms with Gasteiger partial charge in [0.2, 0.25) is 0 Å². The number of ether oxygens (including phenoxy) is 2. The average molecular weight is 433 g/mol. The predicted molar refractivity (Wildman–Crippen MR) is 121 cm³/mol. The van der Waals surface area contributed by atoms with Crippen molar-refractivity contribution in [1.82, 2.24) is 0 Å². The Bertz CT molecular complexity index is 703. The van der Waals surface area contributed by atoms with Crippen molar-refractivity contribution in [2.75, 3.05) is 0 Å². The summed E-state index contributed by atoms with van der Waals surface area (Å²) in [7, 11) is 0. The summed E-state index contributed by atoms with van der Waals surface area (Å²) in [6.07, 6.45) is 10.5. The van der Waals surface area contributed by atoms with Gasteiger partial charge in [-0.1, -0.05) is 34.1 Å². The van der Waals surface area contributed by atoms with Gasteiger partial charge >= 0.3 is 11.9 Å². The van der Waals surface area contributed by atoms with Gasteiger partial charge in [-0.2, -0.15) is 0 Å². The first kappa shape index (κ1) is 23.1. The maximum atomic E-state index is 12.1. The van der Waals surface area contributed by atoms with Gasteiger partial charge in [0, 0.05) is 19.8 Å². The number of hydrogen-bond acceptors (Lipinski definition) is 4. The molecule has 10 unspecified atom stereocenters. The van der Waals surface area contributed by atoms with E-state index in [9.17, 15) is 9.59 Å². The number of rotatable bonds is 4. The van der Waals surface area contributed by atoms with E-state index < -0.39 is 0 Å². The van der Waals surface area contributed by atoms with E-state index in [0.717, 1.165) is 37.5 Å². The Morgan fingerprint density at radius 3 is 2.19 bits per heavy atom. The van der Waals surface area contributed by atoms with Gasteiger partial charge in [-0.15, -0.1) is 0 Å². The fourth-order valence-electron chi connectivity index (χ4n) is 9.10. The van der Waals surface area contributed by atoms with E-state index in [2.05, 4.69) is 27.7 Å². The lowest BCUT2D eigenvalue weighted by molar-refractivity contribution is -0.197. The van der Waals surface area contributed by atoms with Crippen LogP contribution >= 0.6 is 0 Å². The van der Waals surface area contributed by atoms with Crippen molar-refractivity contribution in [3.63, 3.8) is 0 Å². The third-order valence-electron chi connectivity index (χ3n) is 10.7. The molecule has 4 nitrogen and oxygen atoms in total. The quantitative estimate of drug-likeness (QED) is 0.499. The largest absolute Gasteiger partial charge is 0.463 e. The van der Waals surface area contributed by atoms with Gasteiger partial charge < -0.3 is 9.47 Å². The van der Waals surface area contributed by atoms with Gasteiger partial charge in [0.05, 0.1) is 0 Å². The Balaban J connectivity index is 1.64. The summed E-state index contributed by atoms with van der Waals surface area (Å²) in [4.78, 5) is 23.7. The third kappa shape index (κ3) is 3.84. The van der Waals surface area contributed by atoms with E-state index in [4.69, 9.17) is 9.47 Å². The molecular formula is C27H44O4. The van der Waals surface area contributed by atoms with Crippen LogP contribution in [0.4, 0.5) is 0 Å². The van der Waals surface area contributed by atoms with E-state index in [1.54, 1.807) is 6.92 Å². The molecule has 0 amide bonds. The maximum Gasteiger partial charge on any atom is 0.302 e. The van der Waals surface area contributed by atoms with Crippen molar-refractivity contribution in [2.24, 2.45) is 46.3 Å². The van der Waals surface area contributed by atoms with Crippen LogP contribution in [0, 0.1) is 46.3 Å². The van der Waals surface area contributed by atoms with Crippen molar-refractivity contribution >= 4 is 11.9 Å². The molecule has 0 saturated heterocycles. The van der Waals surface area contributed by atoms with E-state index in [0.29, 0.717) is 29.1 Å². The third-order valence-corrected chi connectivity index (χ3v) is 10.7. The average Bonchev–Trinajstić information content (AvgIpc) is 3.04. The second-order valence-corrected chi connectivity index (χ2v) is 12.0. The maximum absolute atomic E-state index is 12.1. The van der Waals surface area contributed by atoms with Crippen molar-refractivity contribution in [2.45, 2.75) is 112 Å². The molecule has 10 atom stereocenters. The van der Waals surface area contributed by atoms with Crippen LogP contribution in [-0.4, -0.2) is 24.1 Å². The zero-order chi connectivity index (χ0) is 22.6. The molecule has 0 aromatic heterocycles. The van der Waals surface area contributed by atoms with Crippen molar-refractivity contribution in [1.29, 1.82) is 0 Å². The van der Waals surface area contributed by atoms with E-state index in [1.807, 2.05) is 0 Å². The second-order valence-electron chi connectivity index (χ2n) is 12.0. The van der Waals surface area contributed by atoms with Crippen LogP contribution in [0.3, 0.4) is 0 Å². The fourth-order valence-corrected chi connectivity index (χ4v) is 9.10. The molecule has 4 heteroatoms. The van der Waals surface area contributed by atoms with Crippen molar-refractivity contribution in [3.8, 4) is 0 Å². The van der Waals surface area contributed by atoms with Gasteiger partial charge in [0.1, 0.15) is 12.2 Å². The SMILES string of the molecule is CCC(C)C1CCC2C3C(OC(C)=O)CC4CC(OC(C)=O)CCC4(C)C3CCC12C. The Kier molecular flexibility index (Phi) is 6.24. The molecule has 31 heavy (non-hydrogen) atoms. The minimum atomic E-state index is -0.172. The lowest BCUT2D eigenvalue weighted by Crippen LogP contribution is -2.59. The normalized spacial score (nSPS) is 47.5. The van der Waals surface area contributed by atoms with Gasteiger partial charge in [0.15, 0.2) is 0 Å². The molecule has 0 aromatic carbocycles. The minimum absolute atomic E-state index is 0.0250. The predicted octanol–water partition coefficient (Wildman–Crippen LogP) is 6.16. The molecule has 0 radical (unpaired) electrons. The summed E-state index contributed by atoms with van der Waals surface area (Å²) >= 11 is 0. The van der Waals surface area contributed by atoms with Gasteiger partial charge in [-0.3, -0.25) is 9.59 Å². The van der Waals surface area contributed by atoms with Crippen LogP contribution in [0.25, 0.3) is 0 Å². The molecule has 0 aromatic rings. The monoisotopic (exact) mass is 432 g/mol. The zero-order valence-corrected chi connectivity index (χ0v) is 20.6. The first-order valence-corrected chi connectivity index (χ1v) is 12.9. The summed E-state index contributed by atoms with van der Waals surface area (Å²) < 4.78 is 11.7. The molecule has 4 saturated carbocycles. The van der Waals surface area contributed by atoms with Crippen LogP contribution in [0.15, 0.2) is 0 Å². The smallest absolute Gasteiger partial charge is 0.302 e. The molecule has 0 N–H and O–H groups in total. The van der Waals surface area contributed by atoms with Gasteiger partial charge in [-0.05, 0) is 91.8 Å². The Labute approximate surface area is 189 Å². The molecule has 0 spiro atoms. The topological polar surface area (TPSA) is 52.6 Å². The molecule has 0 aliphatic heterocycles. The minimum Gasteiger partial charge on any atom is -0.463 e. The lowest BCUT2D eigenvalue weighted by atomic mass is 9.43. The summed E-state index contributed by atoms with van der Waals surface area (Å²) in [5.74, 6) is 3.49. The Hall–Kier alpha value is -1.06. The number of carbonyl (C=O) groups is 2. The first-order chi connectivity index (χ1) is 14.6. The summed E-state index contributed by atoms with van der Waals surface area (Å²) in [5, 5.41) is 0. The summed E-state index contributed by atoms with van der Waals surface area (Å²) in [5.41, 5.74) is 0.654. The highest BCUT2D eigenvalue weighted by Gasteiger charge is 2.63. The Morgan fingerprint density at radius 2 is 1.55 bits per heavy atom. The number of esters is 2. The summed E-state index contributed by atoms with van der Waals surface area (Å²) in [6.45, 7) is 12.9. The lowest BCUT2D eigenvalue weighted by Gasteiger charge is -2.62. The number of fused-ring (bicyclic) bond motifs is 5. The first-order valence-electron chi connectivity index (χ1n) is 12.9. The molecule has 4 aliphatic carbocycles. The molecule has 4 fully saturated rings. The number of hydrogen-bond donors (Lipinski definition) is 0. The molecule has 176 valence electrons. The highest BCUT2D eigenvalue weighted by molar-refractivity contribution is 5.66. The highest BCUT2D eigenvalue weighted by atomic mass is 16.5. The second kappa shape index (κ2) is 8.37. The molecule has 0 heterocycles. The van der Waals surface area contributed by atoms with Crippen LogP contribution in [0.1, 0.15) is 99.3 Å². The molecular weight excluding hydrogens is 388 g/mol. The molecule has 4 rings (SSSR count). The van der Waals surface area contributed by atoms with Gasteiger partial charge in [0.25, 0.3) is 0 Å². The van der Waals surface area contributed by atoms with Crippen LogP contribution in [0.5, 0.6) is 0 Å². The molecule has 4 aliphatic rings. The Morgan fingerprint density at radius 1 is 0.903 bits per heavy atom. The van der Waals surface area contributed by atoms with E-state index >= 15 is 0 Å². The van der Waals surface area contributed by atoms with Crippen molar-refractivity contribution < 1.29 is 19.1 Å². The van der Waals surface area contributed by atoms with Crippen LogP contribution < -0.4 is 0 Å². The standard InChI is InChI=1S/C27H44O4/c1-7-16(2)21-8-9-22-25-23(11-13-27(21,22)6)26(5)12-10-20(30-17(3)28)14-19(26)15-24(25)31-18(4)29/h16,19-25H,7-15H2,1-6H3. The highest BCUT2D eigenvalue weighted by Crippen LogP contribution is 2.68. The zero-order valence-electron chi connectivity index (χ0n) is 20.6. The van der Waals surface area contributed by atoms with Crippen molar-refractivity contribution in [3.05, 3.63) is 0 Å². The van der Waals surface area contributed by atoms with Crippen LogP contribution in [-0.2, 0) is 19.1 Å². The van der Waals surface area contributed by atoms with E-state index in [1.165, 1.54) is 39.0 Å². The number of carbonyl (C=O) groups excluding carboxylic acids is 2.